The predicted molar refractivity (Wildman–Crippen MR) is 88.0 cm³/mol. The number of aryl methyl sites for hydroxylation is 1. The Balaban J connectivity index is 2.13. The molecule has 0 aliphatic rings. The molecule has 3 aromatic rings. The normalized spacial score (nSPS) is 10.4. The molecule has 0 amide bonds. The van der Waals surface area contributed by atoms with Crippen LogP contribution in [0.2, 0.25) is 0 Å². The van der Waals surface area contributed by atoms with Gasteiger partial charge in [-0.2, -0.15) is 0 Å². The Morgan fingerprint density at radius 2 is 1.15 bits per heavy atom. The molecule has 0 nitrogen and oxygen atoms in total. The average Bonchev–Trinajstić information content (AvgIpc) is 2.56. The van der Waals surface area contributed by atoms with Gasteiger partial charge in [-0.15, -0.1) is 0 Å². The van der Waals surface area contributed by atoms with Crippen molar-refractivity contribution in [3.05, 3.63) is 78.4 Å². The van der Waals surface area contributed by atoms with Crippen LogP contribution in [0.15, 0.2) is 72.8 Å². The molecule has 98 valence electrons. The van der Waals surface area contributed by atoms with Crippen LogP contribution in [0.5, 0.6) is 0 Å². The molecule has 0 N–H and O–H groups in total. The van der Waals surface area contributed by atoms with Crippen LogP contribution >= 0.6 is 0 Å². The summed E-state index contributed by atoms with van der Waals surface area (Å²) in [5.41, 5.74) is 4.15. The standard InChI is InChI=1S/C19H17Se/c1-2-15-13-18(16-9-5-3-6-10-16)20-19(14-15)17-11-7-4-8-12-17/h3-14H,2H2,1H3/q+1. The van der Waals surface area contributed by atoms with Gasteiger partial charge in [0, 0.05) is 0 Å². The van der Waals surface area contributed by atoms with Gasteiger partial charge in [-0.25, -0.2) is 0 Å². The summed E-state index contributed by atoms with van der Waals surface area (Å²) in [6.07, 6.45) is 1.09. The minimum absolute atomic E-state index is 0.376. The van der Waals surface area contributed by atoms with Crippen molar-refractivity contribution in [2.24, 2.45) is 0 Å². The Hall–Kier alpha value is -1.69. The fraction of sp³-hybridized carbons (Fsp3) is 0.105. The van der Waals surface area contributed by atoms with Gasteiger partial charge < -0.3 is 0 Å². The van der Waals surface area contributed by atoms with Crippen molar-refractivity contribution in [1.29, 1.82) is 0 Å². The molecule has 0 radical (unpaired) electrons. The van der Waals surface area contributed by atoms with E-state index in [1.807, 2.05) is 0 Å². The maximum atomic E-state index is 2.38. The molecule has 0 aliphatic heterocycles. The molecular weight excluding hydrogens is 307 g/mol. The van der Waals surface area contributed by atoms with Crippen molar-refractivity contribution in [2.45, 2.75) is 13.3 Å². The van der Waals surface area contributed by atoms with E-state index in [0.717, 1.165) is 6.42 Å². The average molecular weight is 324 g/mol. The maximum absolute atomic E-state index is 2.38. The van der Waals surface area contributed by atoms with Gasteiger partial charge in [-0.1, -0.05) is 0 Å². The third kappa shape index (κ3) is 2.90. The van der Waals surface area contributed by atoms with Crippen LogP contribution in [0, 0.1) is 0 Å². The van der Waals surface area contributed by atoms with E-state index in [1.54, 1.807) is 0 Å². The molecule has 0 saturated carbocycles. The van der Waals surface area contributed by atoms with E-state index in [0.29, 0.717) is 14.5 Å². The van der Waals surface area contributed by atoms with Gasteiger partial charge in [0.1, 0.15) is 0 Å². The molecule has 0 unspecified atom stereocenters. The fourth-order valence-electron chi connectivity index (χ4n) is 2.25. The predicted octanol–water partition coefficient (Wildman–Crippen LogP) is 4.92. The minimum atomic E-state index is 0.376. The van der Waals surface area contributed by atoms with E-state index in [9.17, 15) is 0 Å². The molecule has 1 aromatic heterocycles. The molecule has 0 atom stereocenters. The molecule has 3 rings (SSSR count). The first kappa shape index (κ1) is 13.3. The molecular formula is C19H17Se+. The summed E-state index contributed by atoms with van der Waals surface area (Å²) in [5, 5.41) is 0. The van der Waals surface area contributed by atoms with Crippen LogP contribution in [0.4, 0.5) is 0 Å². The first-order valence-corrected chi connectivity index (χ1v) is 8.66. The first-order valence-electron chi connectivity index (χ1n) is 6.94. The van der Waals surface area contributed by atoms with Gasteiger partial charge in [0.2, 0.25) is 0 Å². The zero-order chi connectivity index (χ0) is 13.8. The zero-order valence-corrected chi connectivity index (χ0v) is 13.3. The van der Waals surface area contributed by atoms with Crippen LogP contribution in [-0.4, -0.2) is 14.5 Å². The van der Waals surface area contributed by atoms with Crippen molar-refractivity contribution < 1.29 is 0 Å². The summed E-state index contributed by atoms with van der Waals surface area (Å²) >= 11 is 0.376. The molecule has 0 fully saturated rings. The number of rotatable bonds is 3. The topological polar surface area (TPSA) is 0 Å². The van der Waals surface area contributed by atoms with Crippen molar-refractivity contribution in [3.8, 4) is 20.0 Å². The van der Waals surface area contributed by atoms with E-state index in [4.69, 9.17) is 0 Å². The molecule has 0 aliphatic carbocycles. The zero-order valence-electron chi connectivity index (χ0n) is 11.5. The first-order chi connectivity index (χ1) is 9.86. The van der Waals surface area contributed by atoms with E-state index in [2.05, 4.69) is 79.7 Å². The Kier molecular flexibility index (Phi) is 4.11. The van der Waals surface area contributed by atoms with Crippen LogP contribution in [0.25, 0.3) is 20.0 Å². The van der Waals surface area contributed by atoms with Gasteiger partial charge >= 0.3 is 126 Å². The van der Waals surface area contributed by atoms with Gasteiger partial charge in [-0.05, 0) is 0 Å². The SMILES string of the molecule is CCc1cc(-c2ccccc2)[se+]c(-c2ccccc2)c1. The number of benzene rings is 2. The van der Waals surface area contributed by atoms with E-state index < -0.39 is 0 Å². The molecule has 2 aromatic carbocycles. The summed E-state index contributed by atoms with van der Waals surface area (Å²) < 4.78 is 2.97. The second kappa shape index (κ2) is 6.17. The van der Waals surface area contributed by atoms with Crippen molar-refractivity contribution >= 4 is 14.5 Å². The summed E-state index contributed by atoms with van der Waals surface area (Å²) in [7, 11) is 0. The summed E-state index contributed by atoms with van der Waals surface area (Å²) in [6, 6.07) is 26.3. The van der Waals surface area contributed by atoms with E-state index in [-0.39, 0.29) is 0 Å². The van der Waals surface area contributed by atoms with Crippen LogP contribution < -0.4 is 0 Å². The number of hydrogen-bond donors (Lipinski definition) is 0. The second-order valence-corrected chi connectivity index (χ2v) is 7.05. The third-order valence-electron chi connectivity index (χ3n) is 3.38. The molecule has 1 heteroatoms. The summed E-state index contributed by atoms with van der Waals surface area (Å²) in [4.78, 5) is 0. The molecule has 0 saturated heterocycles. The van der Waals surface area contributed by atoms with Crippen molar-refractivity contribution in [3.63, 3.8) is 0 Å². The van der Waals surface area contributed by atoms with Gasteiger partial charge in [0.15, 0.2) is 0 Å². The second-order valence-electron chi connectivity index (χ2n) is 4.78. The number of hydrogen-bond acceptors (Lipinski definition) is 0. The van der Waals surface area contributed by atoms with Gasteiger partial charge in [-0.3, -0.25) is 0 Å². The van der Waals surface area contributed by atoms with Crippen molar-refractivity contribution in [1.82, 2.24) is 0 Å². The summed E-state index contributed by atoms with van der Waals surface area (Å²) in [6.45, 7) is 2.23. The Labute approximate surface area is 126 Å². The van der Waals surface area contributed by atoms with Gasteiger partial charge in [0.25, 0.3) is 0 Å². The van der Waals surface area contributed by atoms with Crippen LogP contribution in [0.3, 0.4) is 0 Å². The van der Waals surface area contributed by atoms with E-state index in [1.165, 1.54) is 25.6 Å². The fourth-order valence-corrected chi connectivity index (χ4v) is 4.69. The Morgan fingerprint density at radius 1 is 0.700 bits per heavy atom. The third-order valence-corrected chi connectivity index (χ3v) is 5.78. The van der Waals surface area contributed by atoms with Crippen LogP contribution in [0.1, 0.15) is 12.5 Å². The Morgan fingerprint density at radius 3 is 1.55 bits per heavy atom. The van der Waals surface area contributed by atoms with Gasteiger partial charge in [0.05, 0.1) is 0 Å². The molecule has 20 heavy (non-hydrogen) atoms. The molecule has 0 spiro atoms. The molecule has 1 heterocycles. The monoisotopic (exact) mass is 325 g/mol. The quantitative estimate of drug-likeness (QED) is 0.600. The Bertz CT molecular complexity index is 630. The van der Waals surface area contributed by atoms with Crippen LogP contribution in [-0.2, 0) is 6.42 Å². The summed E-state index contributed by atoms with van der Waals surface area (Å²) in [5.74, 6) is 0. The van der Waals surface area contributed by atoms with Crippen molar-refractivity contribution in [2.75, 3.05) is 0 Å². The molecule has 0 bridgehead atoms. The van der Waals surface area contributed by atoms with E-state index >= 15 is 0 Å².